The van der Waals surface area contributed by atoms with E-state index in [2.05, 4.69) is 13.8 Å². The number of carbonyl (C=O) groups excluding carboxylic acids is 1. The fraction of sp³-hybridized carbons (Fsp3) is 0.588. The fourth-order valence-corrected chi connectivity index (χ4v) is 2.83. The van der Waals surface area contributed by atoms with E-state index in [9.17, 15) is 9.59 Å². The molecule has 0 spiro atoms. The van der Waals surface area contributed by atoms with Crippen LogP contribution < -0.4 is 9.47 Å². The van der Waals surface area contributed by atoms with Crippen molar-refractivity contribution in [3.63, 3.8) is 0 Å². The Morgan fingerprint density at radius 1 is 1.27 bits per heavy atom. The van der Waals surface area contributed by atoms with Crippen molar-refractivity contribution in [2.45, 2.75) is 51.2 Å². The van der Waals surface area contributed by atoms with Crippen LogP contribution in [-0.4, -0.2) is 33.1 Å². The van der Waals surface area contributed by atoms with E-state index < -0.39 is 8.32 Å². The Morgan fingerprint density at radius 3 is 2.50 bits per heavy atom. The number of rotatable bonds is 9. The molecular formula is C17H28O4Si. The van der Waals surface area contributed by atoms with E-state index in [4.69, 9.17) is 9.47 Å². The zero-order valence-electron chi connectivity index (χ0n) is 14.3. The van der Waals surface area contributed by atoms with Crippen molar-refractivity contribution in [3.05, 3.63) is 23.8 Å². The second-order valence-corrected chi connectivity index (χ2v) is 11.2. The lowest BCUT2D eigenvalue weighted by atomic mass is 10.1. The molecule has 1 rings (SSSR count). The lowest BCUT2D eigenvalue weighted by Gasteiger charge is -2.35. The fourth-order valence-electron chi connectivity index (χ4n) is 2.04. The van der Waals surface area contributed by atoms with Gasteiger partial charge in [-0.1, -0.05) is 13.8 Å². The third kappa shape index (κ3) is 5.14. The number of ether oxygens (including phenoxy) is 2. The summed E-state index contributed by atoms with van der Waals surface area (Å²) in [6.07, 6.45) is 3.73. The molecule has 124 valence electrons. The van der Waals surface area contributed by atoms with E-state index in [1.54, 1.807) is 18.2 Å². The Labute approximate surface area is 134 Å². The summed E-state index contributed by atoms with van der Waals surface area (Å²) in [6.45, 7) is 8.88. The molecule has 0 fully saturated rings. The van der Waals surface area contributed by atoms with Gasteiger partial charge in [-0.05, 0) is 49.5 Å². The standard InChI is InChI=1S/C17H28O4Si/c1-17(2,22(4,5)19)10-6-7-11-21-15-9-8-14(13-18)16(12-15)20-3/h8-9,12-13,19H,6-7,10-11H2,1-5H3. The van der Waals surface area contributed by atoms with Crippen LogP contribution >= 0.6 is 0 Å². The molecule has 0 aromatic heterocycles. The van der Waals surface area contributed by atoms with Gasteiger partial charge >= 0.3 is 0 Å². The molecule has 0 atom stereocenters. The van der Waals surface area contributed by atoms with Crippen molar-refractivity contribution in [2.75, 3.05) is 13.7 Å². The molecule has 5 heteroatoms. The van der Waals surface area contributed by atoms with Gasteiger partial charge < -0.3 is 14.3 Å². The molecule has 0 saturated heterocycles. The van der Waals surface area contributed by atoms with Gasteiger partial charge in [-0.2, -0.15) is 0 Å². The number of hydrogen-bond acceptors (Lipinski definition) is 4. The van der Waals surface area contributed by atoms with Crippen LogP contribution in [0, 0.1) is 0 Å². The molecule has 0 heterocycles. The van der Waals surface area contributed by atoms with E-state index in [1.165, 1.54) is 7.11 Å². The predicted octanol–water partition coefficient (Wildman–Crippen LogP) is 4.03. The van der Waals surface area contributed by atoms with Crippen LogP contribution in [0.3, 0.4) is 0 Å². The normalized spacial score (nSPS) is 12.1. The number of unbranched alkanes of at least 4 members (excludes halogenated alkanes) is 1. The van der Waals surface area contributed by atoms with E-state index in [-0.39, 0.29) is 5.04 Å². The van der Waals surface area contributed by atoms with Crippen molar-refractivity contribution in [3.8, 4) is 11.5 Å². The SMILES string of the molecule is COc1cc(OCCCCC(C)(C)[Si](C)(C)O)ccc1C=O. The number of aldehydes is 1. The van der Waals surface area contributed by atoms with Crippen molar-refractivity contribution < 1.29 is 19.1 Å². The molecule has 0 amide bonds. The maximum absolute atomic E-state index is 10.8. The summed E-state index contributed by atoms with van der Waals surface area (Å²) in [5.74, 6) is 1.24. The van der Waals surface area contributed by atoms with Crippen molar-refractivity contribution in [1.82, 2.24) is 0 Å². The van der Waals surface area contributed by atoms with Gasteiger partial charge in [-0.25, -0.2) is 0 Å². The second-order valence-electron chi connectivity index (χ2n) is 6.77. The minimum Gasteiger partial charge on any atom is -0.496 e. The first-order valence-electron chi connectivity index (χ1n) is 7.69. The summed E-state index contributed by atoms with van der Waals surface area (Å²) in [5.41, 5.74) is 0.520. The maximum atomic E-state index is 10.8. The number of methoxy groups -OCH3 is 1. The van der Waals surface area contributed by atoms with E-state index in [1.807, 2.05) is 13.1 Å². The summed E-state index contributed by atoms with van der Waals surface area (Å²) in [6, 6.07) is 5.21. The molecule has 0 aliphatic carbocycles. The second kappa shape index (κ2) is 7.79. The van der Waals surface area contributed by atoms with Crippen LogP contribution in [0.1, 0.15) is 43.5 Å². The highest BCUT2D eigenvalue weighted by atomic mass is 28.4. The monoisotopic (exact) mass is 324 g/mol. The summed E-state index contributed by atoms with van der Waals surface area (Å²) < 4.78 is 10.9. The first-order chi connectivity index (χ1) is 10.2. The molecule has 0 unspecified atom stereocenters. The maximum Gasteiger partial charge on any atom is 0.188 e. The molecule has 0 saturated carbocycles. The molecule has 0 aliphatic heterocycles. The van der Waals surface area contributed by atoms with Gasteiger partial charge in [0.25, 0.3) is 0 Å². The molecule has 1 aromatic rings. The van der Waals surface area contributed by atoms with Crippen LogP contribution in [-0.2, 0) is 0 Å². The van der Waals surface area contributed by atoms with Gasteiger partial charge in [0.2, 0.25) is 0 Å². The molecule has 0 radical (unpaired) electrons. The third-order valence-electron chi connectivity index (χ3n) is 4.45. The Kier molecular flexibility index (Phi) is 6.62. The number of carbonyl (C=O) groups is 1. The van der Waals surface area contributed by atoms with E-state index >= 15 is 0 Å². The van der Waals surface area contributed by atoms with E-state index in [0.717, 1.165) is 25.5 Å². The van der Waals surface area contributed by atoms with Crippen molar-refractivity contribution >= 4 is 14.6 Å². The van der Waals surface area contributed by atoms with Gasteiger partial charge in [0, 0.05) is 6.07 Å². The van der Waals surface area contributed by atoms with Crippen LogP contribution in [0.15, 0.2) is 18.2 Å². The highest BCUT2D eigenvalue weighted by Crippen LogP contribution is 2.40. The Bertz CT molecular complexity index is 492. The predicted molar refractivity (Wildman–Crippen MR) is 91.5 cm³/mol. The lowest BCUT2D eigenvalue weighted by molar-refractivity contribution is 0.112. The van der Waals surface area contributed by atoms with Crippen LogP contribution in [0.2, 0.25) is 18.1 Å². The minimum atomic E-state index is -2.12. The summed E-state index contributed by atoms with van der Waals surface area (Å²) >= 11 is 0. The Morgan fingerprint density at radius 2 is 1.95 bits per heavy atom. The minimum absolute atomic E-state index is 0.0157. The largest absolute Gasteiger partial charge is 0.496 e. The first kappa shape index (κ1) is 18.7. The molecule has 0 aliphatic rings. The summed E-state index contributed by atoms with van der Waals surface area (Å²) in [7, 11) is -0.586. The molecular weight excluding hydrogens is 296 g/mol. The van der Waals surface area contributed by atoms with Gasteiger partial charge in [0.15, 0.2) is 14.6 Å². The summed E-state index contributed by atoms with van der Waals surface area (Å²) in [4.78, 5) is 21.1. The van der Waals surface area contributed by atoms with Crippen molar-refractivity contribution in [2.24, 2.45) is 0 Å². The topological polar surface area (TPSA) is 55.8 Å². The average molecular weight is 324 g/mol. The number of benzene rings is 1. The first-order valence-corrected chi connectivity index (χ1v) is 10.6. The molecule has 22 heavy (non-hydrogen) atoms. The Balaban J connectivity index is 2.41. The van der Waals surface area contributed by atoms with Crippen LogP contribution in [0.4, 0.5) is 0 Å². The smallest absolute Gasteiger partial charge is 0.188 e. The number of hydrogen-bond donors (Lipinski definition) is 1. The zero-order chi connectivity index (χ0) is 16.8. The molecule has 1 aromatic carbocycles. The van der Waals surface area contributed by atoms with Gasteiger partial charge in [0.05, 0.1) is 19.3 Å². The summed E-state index contributed by atoms with van der Waals surface area (Å²) in [5, 5.41) is 0.0157. The van der Waals surface area contributed by atoms with Crippen LogP contribution in [0.25, 0.3) is 0 Å². The third-order valence-corrected chi connectivity index (χ3v) is 8.02. The highest BCUT2D eigenvalue weighted by Gasteiger charge is 2.37. The van der Waals surface area contributed by atoms with Gasteiger partial charge in [-0.15, -0.1) is 0 Å². The zero-order valence-corrected chi connectivity index (χ0v) is 15.3. The average Bonchev–Trinajstić information content (AvgIpc) is 2.45. The van der Waals surface area contributed by atoms with Crippen molar-refractivity contribution in [1.29, 1.82) is 0 Å². The Hall–Kier alpha value is -1.33. The molecule has 0 bridgehead atoms. The molecule has 1 N–H and O–H groups in total. The van der Waals surface area contributed by atoms with Crippen LogP contribution in [0.5, 0.6) is 11.5 Å². The highest BCUT2D eigenvalue weighted by molar-refractivity contribution is 6.72. The quantitative estimate of drug-likeness (QED) is 0.423. The van der Waals surface area contributed by atoms with E-state index in [0.29, 0.717) is 23.7 Å². The lowest BCUT2D eigenvalue weighted by Crippen LogP contribution is -2.38. The van der Waals surface area contributed by atoms with Gasteiger partial charge in [0.1, 0.15) is 11.5 Å². The molecule has 4 nitrogen and oxygen atoms in total. The van der Waals surface area contributed by atoms with Gasteiger partial charge in [-0.3, -0.25) is 4.79 Å².